The molecule has 3 N–H and O–H groups in total. The van der Waals surface area contributed by atoms with Crippen LogP contribution in [0.1, 0.15) is 12.8 Å². The molecule has 15 heavy (non-hydrogen) atoms. The summed E-state index contributed by atoms with van der Waals surface area (Å²) in [4.78, 5) is 11.2. The van der Waals surface area contributed by atoms with Gasteiger partial charge in [-0.1, -0.05) is 0 Å². The van der Waals surface area contributed by atoms with Crippen molar-refractivity contribution in [3.63, 3.8) is 0 Å². The summed E-state index contributed by atoms with van der Waals surface area (Å²) >= 11 is 0. The van der Waals surface area contributed by atoms with Gasteiger partial charge in [0.05, 0.1) is 0 Å². The minimum atomic E-state index is -1.08. The molecule has 0 aliphatic carbocycles. The molecule has 6 heteroatoms. The van der Waals surface area contributed by atoms with E-state index in [1.807, 2.05) is 0 Å². The third-order valence-electron chi connectivity index (χ3n) is 1.72. The third-order valence-corrected chi connectivity index (χ3v) is 3.04. The lowest BCUT2D eigenvalue weighted by Crippen LogP contribution is -2.30. The molecule has 0 aromatic rings. The SMILES string of the molecule is COCCCNC(=O)CS(=O)CCCN. The Morgan fingerprint density at radius 3 is 2.80 bits per heavy atom. The quantitative estimate of drug-likeness (QED) is 0.515. The Bertz CT molecular complexity index is 200. The lowest BCUT2D eigenvalue weighted by Gasteiger charge is -2.04. The molecule has 0 fully saturated rings. The van der Waals surface area contributed by atoms with Crippen molar-refractivity contribution >= 4 is 16.7 Å². The number of rotatable bonds is 9. The Morgan fingerprint density at radius 2 is 2.20 bits per heavy atom. The van der Waals surface area contributed by atoms with Gasteiger partial charge in [-0.05, 0) is 19.4 Å². The maximum absolute atomic E-state index is 11.3. The monoisotopic (exact) mass is 236 g/mol. The first-order valence-corrected chi connectivity index (χ1v) is 6.50. The minimum absolute atomic E-state index is 0.0764. The number of hydrogen-bond acceptors (Lipinski definition) is 4. The van der Waals surface area contributed by atoms with E-state index in [2.05, 4.69) is 5.32 Å². The summed E-state index contributed by atoms with van der Waals surface area (Å²) in [6.45, 7) is 1.71. The second kappa shape index (κ2) is 10.1. The van der Waals surface area contributed by atoms with Crippen LogP contribution < -0.4 is 11.1 Å². The van der Waals surface area contributed by atoms with Crippen molar-refractivity contribution in [1.29, 1.82) is 0 Å². The van der Waals surface area contributed by atoms with Crippen LogP contribution in [0.3, 0.4) is 0 Å². The fourth-order valence-corrected chi connectivity index (χ4v) is 1.99. The molecule has 0 aromatic carbocycles. The van der Waals surface area contributed by atoms with Crippen molar-refractivity contribution in [2.24, 2.45) is 5.73 Å². The maximum Gasteiger partial charge on any atom is 0.232 e. The van der Waals surface area contributed by atoms with Gasteiger partial charge >= 0.3 is 0 Å². The van der Waals surface area contributed by atoms with E-state index in [9.17, 15) is 9.00 Å². The van der Waals surface area contributed by atoms with E-state index < -0.39 is 10.8 Å². The van der Waals surface area contributed by atoms with Crippen molar-refractivity contribution in [3.8, 4) is 0 Å². The molecule has 0 rings (SSSR count). The smallest absolute Gasteiger partial charge is 0.232 e. The number of methoxy groups -OCH3 is 1. The predicted octanol–water partition coefficient (Wildman–Crippen LogP) is -0.763. The van der Waals surface area contributed by atoms with E-state index >= 15 is 0 Å². The summed E-state index contributed by atoms with van der Waals surface area (Å²) in [5.41, 5.74) is 5.27. The van der Waals surface area contributed by atoms with Gasteiger partial charge in [-0.3, -0.25) is 9.00 Å². The lowest BCUT2D eigenvalue weighted by molar-refractivity contribution is -0.118. The van der Waals surface area contributed by atoms with E-state index in [4.69, 9.17) is 10.5 Å². The standard InChI is InChI=1S/C9H20N2O3S/c1-14-6-3-5-11-9(12)8-15(13)7-2-4-10/h2-8,10H2,1H3,(H,11,12). The summed E-state index contributed by atoms with van der Waals surface area (Å²) < 4.78 is 16.1. The molecule has 0 spiro atoms. The first-order valence-electron chi connectivity index (χ1n) is 5.01. The highest BCUT2D eigenvalue weighted by Crippen LogP contribution is 1.87. The average molecular weight is 236 g/mol. The van der Waals surface area contributed by atoms with Crippen LogP contribution in [0.25, 0.3) is 0 Å². The van der Waals surface area contributed by atoms with Crippen molar-refractivity contribution in [2.75, 3.05) is 38.3 Å². The van der Waals surface area contributed by atoms with Crippen molar-refractivity contribution in [3.05, 3.63) is 0 Å². The average Bonchev–Trinajstić information content (AvgIpc) is 2.21. The maximum atomic E-state index is 11.3. The number of ether oxygens (including phenoxy) is 1. The molecule has 0 aromatic heterocycles. The summed E-state index contributed by atoms with van der Waals surface area (Å²) in [5, 5.41) is 2.68. The summed E-state index contributed by atoms with van der Waals surface area (Å²) in [7, 11) is 0.534. The molecule has 0 saturated carbocycles. The predicted molar refractivity (Wildman–Crippen MR) is 61.1 cm³/mol. The number of nitrogens with one attached hydrogen (secondary N) is 1. The van der Waals surface area contributed by atoms with E-state index in [1.54, 1.807) is 7.11 Å². The zero-order valence-corrected chi connectivity index (χ0v) is 9.98. The topological polar surface area (TPSA) is 81.4 Å². The summed E-state index contributed by atoms with van der Waals surface area (Å²) in [5.74, 6) is 0.413. The second-order valence-electron chi connectivity index (χ2n) is 3.13. The fraction of sp³-hybridized carbons (Fsp3) is 0.889. The molecule has 0 bridgehead atoms. The van der Waals surface area contributed by atoms with Crippen LogP contribution in [0.5, 0.6) is 0 Å². The van der Waals surface area contributed by atoms with Gasteiger partial charge in [-0.2, -0.15) is 0 Å². The Labute approximate surface area is 93.2 Å². The van der Waals surface area contributed by atoms with Gasteiger partial charge in [-0.15, -0.1) is 0 Å². The highest BCUT2D eigenvalue weighted by molar-refractivity contribution is 7.85. The van der Waals surface area contributed by atoms with Gasteiger partial charge in [0.1, 0.15) is 5.75 Å². The van der Waals surface area contributed by atoms with Crippen LogP contribution in [0, 0.1) is 0 Å². The van der Waals surface area contributed by atoms with Gasteiger partial charge < -0.3 is 15.8 Å². The van der Waals surface area contributed by atoms with Crippen LogP contribution in [0.2, 0.25) is 0 Å². The zero-order valence-electron chi connectivity index (χ0n) is 9.16. The molecule has 5 nitrogen and oxygen atoms in total. The van der Waals surface area contributed by atoms with Crippen molar-refractivity contribution in [1.82, 2.24) is 5.32 Å². The van der Waals surface area contributed by atoms with Crippen molar-refractivity contribution < 1.29 is 13.7 Å². The number of carbonyl (C=O) groups is 1. The van der Waals surface area contributed by atoms with Gasteiger partial charge in [-0.25, -0.2) is 0 Å². The molecular formula is C9H20N2O3S. The molecule has 1 atom stereocenters. The molecule has 0 aliphatic heterocycles. The molecule has 0 saturated heterocycles. The van der Waals surface area contributed by atoms with Crippen LogP contribution in [0.4, 0.5) is 0 Å². The number of nitrogens with two attached hydrogens (primary N) is 1. The number of amides is 1. The van der Waals surface area contributed by atoms with Crippen LogP contribution >= 0.6 is 0 Å². The molecule has 90 valence electrons. The Hall–Kier alpha value is -0.460. The first-order chi connectivity index (χ1) is 7.20. The molecule has 1 unspecified atom stereocenters. The molecular weight excluding hydrogens is 216 g/mol. The second-order valence-corrected chi connectivity index (χ2v) is 4.70. The largest absolute Gasteiger partial charge is 0.385 e. The molecule has 0 radical (unpaired) electrons. The normalized spacial score (nSPS) is 12.4. The molecule has 0 aliphatic rings. The van der Waals surface area contributed by atoms with Gasteiger partial charge in [0.25, 0.3) is 0 Å². The first kappa shape index (κ1) is 14.5. The fourth-order valence-electron chi connectivity index (χ4n) is 0.958. The van der Waals surface area contributed by atoms with Crippen molar-refractivity contribution in [2.45, 2.75) is 12.8 Å². The highest BCUT2D eigenvalue weighted by Gasteiger charge is 2.06. The van der Waals surface area contributed by atoms with Gasteiger partial charge in [0.15, 0.2) is 0 Å². The number of hydrogen-bond donors (Lipinski definition) is 2. The summed E-state index contributed by atoms with van der Waals surface area (Å²) in [6, 6.07) is 0. The number of carbonyl (C=O) groups excluding carboxylic acids is 1. The molecule has 1 amide bonds. The zero-order chi connectivity index (χ0) is 11.5. The van der Waals surface area contributed by atoms with Crippen LogP contribution in [-0.2, 0) is 20.3 Å². The van der Waals surface area contributed by atoms with Gasteiger partial charge in [0.2, 0.25) is 5.91 Å². The molecule has 0 heterocycles. The van der Waals surface area contributed by atoms with E-state index in [1.165, 1.54) is 0 Å². The van der Waals surface area contributed by atoms with Crippen LogP contribution in [0.15, 0.2) is 0 Å². The highest BCUT2D eigenvalue weighted by atomic mass is 32.2. The van der Waals surface area contributed by atoms with Gasteiger partial charge in [0, 0.05) is 36.8 Å². The Kier molecular flexibility index (Phi) is 9.76. The van der Waals surface area contributed by atoms with E-state index in [0.717, 1.165) is 6.42 Å². The summed E-state index contributed by atoms with van der Waals surface area (Å²) in [6.07, 6.45) is 1.47. The Balaban J connectivity index is 3.43. The lowest BCUT2D eigenvalue weighted by atomic mass is 10.4. The minimum Gasteiger partial charge on any atom is -0.385 e. The third kappa shape index (κ3) is 9.84. The van der Waals surface area contributed by atoms with E-state index in [0.29, 0.717) is 31.9 Å². The van der Waals surface area contributed by atoms with E-state index in [-0.39, 0.29) is 11.7 Å². The Morgan fingerprint density at radius 1 is 1.47 bits per heavy atom. The van der Waals surface area contributed by atoms with Crippen LogP contribution in [-0.4, -0.2) is 48.4 Å².